The van der Waals surface area contributed by atoms with E-state index in [0.717, 1.165) is 24.0 Å². The lowest BCUT2D eigenvalue weighted by atomic mass is 10.1. The SMILES string of the molecule is CCc1ccc2c(c1)nnn2CC. The van der Waals surface area contributed by atoms with E-state index >= 15 is 0 Å². The fourth-order valence-electron chi connectivity index (χ4n) is 1.47. The molecule has 1 aromatic heterocycles. The lowest BCUT2D eigenvalue weighted by Gasteiger charge is -1.97. The van der Waals surface area contributed by atoms with E-state index in [9.17, 15) is 0 Å². The minimum atomic E-state index is 0.877. The Bertz CT molecular complexity index is 417. The van der Waals surface area contributed by atoms with Crippen LogP contribution in [0, 0.1) is 0 Å². The largest absolute Gasteiger partial charge is 0.245 e. The van der Waals surface area contributed by atoms with Crippen molar-refractivity contribution in [1.82, 2.24) is 15.0 Å². The summed E-state index contributed by atoms with van der Waals surface area (Å²) in [6, 6.07) is 6.34. The highest BCUT2D eigenvalue weighted by Gasteiger charge is 2.02. The molecule has 0 saturated heterocycles. The van der Waals surface area contributed by atoms with E-state index in [-0.39, 0.29) is 0 Å². The van der Waals surface area contributed by atoms with Crippen LogP contribution in [-0.4, -0.2) is 15.0 Å². The molecule has 0 bridgehead atoms. The molecule has 0 radical (unpaired) electrons. The van der Waals surface area contributed by atoms with Gasteiger partial charge in [-0.05, 0) is 31.0 Å². The van der Waals surface area contributed by atoms with E-state index in [1.165, 1.54) is 5.56 Å². The highest BCUT2D eigenvalue weighted by molar-refractivity contribution is 5.74. The summed E-state index contributed by atoms with van der Waals surface area (Å²) in [7, 11) is 0. The summed E-state index contributed by atoms with van der Waals surface area (Å²) in [6.45, 7) is 5.09. The average Bonchev–Trinajstić information content (AvgIpc) is 2.59. The zero-order valence-electron chi connectivity index (χ0n) is 7.99. The van der Waals surface area contributed by atoms with E-state index in [4.69, 9.17) is 0 Å². The van der Waals surface area contributed by atoms with Gasteiger partial charge >= 0.3 is 0 Å². The average molecular weight is 175 g/mol. The number of aromatic nitrogens is 3. The number of rotatable bonds is 2. The van der Waals surface area contributed by atoms with Gasteiger partial charge in [-0.1, -0.05) is 18.2 Å². The van der Waals surface area contributed by atoms with Gasteiger partial charge in [0.05, 0.1) is 5.52 Å². The zero-order chi connectivity index (χ0) is 9.26. The van der Waals surface area contributed by atoms with Crippen LogP contribution in [0.5, 0.6) is 0 Å². The normalized spacial score (nSPS) is 10.9. The number of fused-ring (bicyclic) bond motifs is 1. The first-order valence-corrected chi connectivity index (χ1v) is 4.67. The first-order chi connectivity index (χ1) is 6.35. The third-order valence-electron chi connectivity index (χ3n) is 2.29. The van der Waals surface area contributed by atoms with E-state index in [1.807, 2.05) is 4.68 Å². The van der Waals surface area contributed by atoms with Gasteiger partial charge in [0.15, 0.2) is 0 Å². The molecule has 2 aromatic rings. The first-order valence-electron chi connectivity index (χ1n) is 4.67. The lowest BCUT2D eigenvalue weighted by molar-refractivity contribution is 0.646. The zero-order valence-corrected chi connectivity index (χ0v) is 7.99. The molecular weight excluding hydrogens is 162 g/mol. The fourth-order valence-corrected chi connectivity index (χ4v) is 1.47. The van der Waals surface area contributed by atoms with Crippen molar-refractivity contribution >= 4 is 11.0 Å². The summed E-state index contributed by atoms with van der Waals surface area (Å²) in [5.41, 5.74) is 3.44. The number of nitrogens with zero attached hydrogens (tertiary/aromatic N) is 3. The summed E-state index contributed by atoms with van der Waals surface area (Å²) in [5.74, 6) is 0. The van der Waals surface area contributed by atoms with E-state index in [2.05, 4.69) is 42.4 Å². The van der Waals surface area contributed by atoms with Crippen LogP contribution in [0.25, 0.3) is 11.0 Å². The number of hydrogen-bond donors (Lipinski definition) is 0. The molecule has 1 aromatic carbocycles. The Labute approximate surface area is 77.4 Å². The highest BCUT2D eigenvalue weighted by atomic mass is 15.4. The molecule has 2 rings (SSSR count). The monoisotopic (exact) mass is 175 g/mol. The van der Waals surface area contributed by atoms with Gasteiger partial charge in [-0.2, -0.15) is 0 Å². The smallest absolute Gasteiger partial charge is 0.113 e. The lowest BCUT2D eigenvalue weighted by Crippen LogP contribution is -1.95. The van der Waals surface area contributed by atoms with Crippen LogP contribution in [0.2, 0.25) is 0 Å². The molecule has 3 heteroatoms. The quantitative estimate of drug-likeness (QED) is 0.699. The molecule has 68 valence electrons. The predicted octanol–water partition coefficient (Wildman–Crippen LogP) is 2.01. The van der Waals surface area contributed by atoms with Crippen molar-refractivity contribution < 1.29 is 0 Å². The molecule has 0 unspecified atom stereocenters. The van der Waals surface area contributed by atoms with Crippen molar-refractivity contribution in [2.45, 2.75) is 26.8 Å². The van der Waals surface area contributed by atoms with E-state index in [0.29, 0.717) is 0 Å². The summed E-state index contributed by atoms with van der Waals surface area (Å²) in [6.07, 6.45) is 1.05. The van der Waals surface area contributed by atoms with Gasteiger partial charge in [0.1, 0.15) is 5.52 Å². The van der Waals surface area contributed by atoms with E-state index in [1.54, 1.807) is 0 Å². The molecule has 0 amide bonds. The molecule has 0 saturated carbocycles. The van der Waals surface area contributed by atoms with Crippen molar-refractivity contribution in [2.75, 3.05) is 0 Å². The van der Waals surface area contributed by atoms with Crippen LogP contribution in [-0.2, 0) is 13.0 Å². The van der Waals surface area contributed by atoms with Crippen LogP contribution in [0.15, 0.2) is 18.2 Å². The minimum absolute atomic E-state index is 0.877. The van der Waals surface area contributed by atoms with Gasteiger partial charge in [-0.15, -0.1) is 5.10 Å². The third kappa shape index (κ3) is 1.30. The highest BCUT2D eigenvalue weighted by Crippen LogP contribution is 2.13. The van der Waals surface area contributed by atoms with Crippen molar-refractivity contribution in [2.24, 2.45) is 0 Å². The molecular formula is C10H13N3. The van der Waals surface area contributed by atoms with Gasteiger partial charge in [0.2, 0.25) is 0 Å². The van der Waals surface area contributed by atoms with Gasteiger partial charge in [-0.3, -0.25) is 0 Å². The standard InChI is InChI=1S/C10H13N3/c1-3-8-5-6-10-9(7-8)11-12-13(10)4-2/h5-7H,3-4H2,1-2H3. The molecule has 0 N–H and O–H groups in total. The predicted molar refractivity (Wildman–Crippen MR) is 52.6 cm³/mol. The fraction of sp³-hybridized carbons (Fsp3) is 0.400. The van der Waals surface area contributed by atoms with Crippen LogP contribution in [0.3, 0.4) is 0 Å². The van der Waals surface area contributed by atoms with Crippen LogP contribution in [0.4, 0.5) is 0 Å². The van der Waals surface area contributed by atoms with Crippen LogP contribution in [0.1, 0.15) is 19.4 Å². The number of hydrogen-bond acceptors (Lipinski definition) is 2. The van der Waals surface area contributed by atoms with Gasteiger partial charge < -0.3 is 0 Å². The second-order valence-electron chi connectivity index (χ2n) is 3.08. The molecule has 0 spiro atoms. The molecule has 0 aliphatic rings. The second-order valence-corrected chi connectivity index (χ2v) is 3.08. The Morgan fingerprint density at radius 1 is 1.31 bits per heavy atom. The molecule has 0 aliphatic carbocycles. The summed E-state index contributed by atoms with van der Waals surface area (Å²) >= 11 is 0. The van der Waals surface area contributed by atoms with Crippen molar-refractivity contribution in [3.05, 3.63) is 23.8 Å². The minimum Gasteiger partial charge on any atom is -0.245 e. The van der Waals surface area contributed by atoms with Crippen LogP contribution >= 0.6 is 0 Å². The third-order valence-corrected chi connectivity index (χ3v) is 2.29. The Hall–Kier alpha value is -1.38. The maximum atomic E-state index is 4.11. The maximum Gasteiger partial charge on any atom is 0.113 e. The van der Waals surface area contributed by atoms with Gasteiger partial charge in [0, 0.05) is 6.54 Å². The van der Waals surface area contributed by atoms with E-state index < -0.39 is 0 Å². The second kappa shape index (κ2) is 3.17. The Morgan fingerprint density at radius 2 is 2.15 bits per heavy atom. The Morgan fingerprint density at radius 3 is 2.85 bits per heavy atom. The number of benzene rings is 1. The summed E-state index contributed by atoms with van der Waals surface area (Å²) < 4.78 is 1.91. The summed E-state index contributed by atoms with van der Waals surface area (Å²) in [4.78, 5) is 0. The van der Waals surface area contributed by atoms with Gasteiger partial charge in [-0.25, -0.2) is 4.68 Å². The molecule has 0 aliphatic heterocycles. The Kier molecular flexibility index (Phi) is 2.00. The van der Waals surface area contributed by atoms with Crippen molar-refractivity contribution in [3.8, 4) is 0 Å². The number of aryl methyl sites for hydroxylation is 2. The first kappa shape index (κ1) is 8.23. The molecule has 0 fully saturated rings. The summed E-state index contributed by atoms with van der Waals surface area (Å²) in [5, 5.41) is 8.17. The topological polar surface area (TPSA) is 30.7 Å². The molecule has 1 heterocycles. The molecule has 3 nitrogen and oxygen atoms in total. The Balaban J connectivity index is 2.61. The maximum absolute atomic E-state index is 4.11. The van der Waals surface area contributed by atoms with Crippen molar-refractivity contribution in [3.63, 3.8) is 0 Å². The van der Waals surface area contributed by atoms with Crippen LogP contribution < -0.4 is 0 Å². The molecule has 13 heavy (non-hydrogen) atoms. The van der Waals surface area contributed by atoms with Crippen molar-refractivity contribution in [1.29, 1.82) is 0 Å². The van der Waals surface area contributed by atoms with Gasteiger partial charge in [0.25, 0.3) is 0 Å². The molecule has 0 atom stereocenters.